The molecule has 3 aromatic rings. The summed E-state index contributed by atoms with van der Waals surface area (Å²) in [4.78, 5) is 9.61. The van der Waals surface area contributed by atoms with E-state index in [0.717, 1.165) is 44.7 Å². The van der Waals surface area contributed by atoms with E-state index in [2.05, 4.69) is 48.9 Å². The normalized spacial score (nSPS) is 11.3. The summed E-state index contributed by atoms with van der Waals surface area (Å²) in [5.74, 6) is 1.88. The Balaban J connectivity index is 2.24. The molecule has 0 radical (unpaired) electrons. The Bertz CT molecular complexity index is 691. The molecule has 3 rings (SSSR count). The molecule has 102 valence electrons. The van der Waals surface area contributed by atoms with E-state index in [4.69, 9.17) is 9.97 Å². The first-order valence-electron chi connectivity index (χ1n) is 6.48. The van der Waals surface area contributed by atoms with Crippen LogP contribution >= 0.6 is 23.5 Å². The van der Waals surface area contributed by atoms with Crippen LogP contribution < -0.4 is 0 Å². The van der Waals surface area contributed by atoms with Crippen molar-refractivity contribution in [2.24, 2.45) is 0 Å². The fourth-order valence-corrected chi connectivity index (χ4v) is 3.22. The number of aromatic nitrogens is 2. The van der Waals surface area contributed by atoms with Crippen LogP contribution in [-0.2, 0) is 11.5 Å². The van der Waals surface area contributed by atoms with E-state index < -0.39 is 0 Å². The van der Waals surface area contributed by atoms with Crippen LogP contribution in [0.25, 0.3) is 21.8 Å². The van der Waals surface area contributed by atoms with Gasteiger partial charge in [-0.05, 0) is 24.6 Å². The van der Waals surface area contributed by atoms with Gasteiger partial charge in [-0.2, -0.15) is 23.5 Å². The van der Waals surface area contributed by atoms with Crippen LogP contribution in [0.5, 0.6) is 0 Å². The summed E-state index contributed by atoms with van der Waals surface area (Å²) >= 11 is 3.59. The zero-order valence-electron chi connectivity index (χ0n) is 11.6. The molecule has 0 saturated heterocycles. The number of rotatable bonds is 4. The Morgan fingerprint density at radius 1 is 0.700 bits per heavy atom. The van der Waals surface area contributed by atoms with E-state index in [9.17, 15) is 0 Å². The quantitative estimate of drug-likeness (QED) is 0.662. The van der Waals surface area contributed by atoms with Crippen LogP contribution in [0.15, 0.2) is 36.4 Å². The van der Waals surface area contributed by atoms with Gasteiger partial charge in [-0.3, -0.25) is 0 Å². The minimum Gasteiger partial charge on any atom is -0.250 e. The second-order valence-corrected chi connectivity index (χ2v) is 6.41. The Hall–Kier alpha value is -1.26. The predicted molar refractivity (Wildman–Crippen MR) is 91.5 cm³/mol. The van der Waals surface area contributed by atoms with E-state index in [1.54, 1.807) is 23.5 Å². The first kappa shape index (κ1) is 13.7. The monoisotopic (exact) mass is 300 g/mol. The van der Waals surface area contributed by atoms with E-state index in [0.29, 0.717) is 0 Å². The maximum absolute atomic E-state index is 4.80. The van der Waals surface area contributed by atoms with Crippen molar-refractivity contribution in [3.05, 3.63) is 47.8 Å². The van der Waals surface area contributed by atoms with Gasteiger partial charge in [0, 0.05) is 22.3 Å². The molecule has 2 heterocycles. The summed E-state index contributed by atoms with van der Waals surface area (Å²) < 4.78 is 0. The fourth-order valence-electron chi connectivity index (χ4n) is 2.31. The SMILES string of the molecule is CSCc1ccc2ccc3ccc(CSC)nc3c2n1. The molecule has 0 N–H and O–H groups in total. The molecule has 2 aromatic heterocycles. The van der Waals surface area contributed by atoms with Gasteiger partial charge >= 0.3 is 0 Å². The third-order valence-electron chi connectivity index (χ3n) is 3.22. The van der Waals surface area contributed by atoms with Crippen molar-refractivity contribution < 1.29 is 0 Å². The highest BCUT2D eigenvalue weighted by molar-refractivity contribution is 7.98. The predicted octanol–water partition coefficient (Wildman–Crippen LogP) is 4.51. The minimum absolute atomic E-state index is 0.941. The van der Waals surface area contributed by atoms with Crippen molar-refractivity contribution in [1.29, 1.82) is 0 Å². The summed E-state index contributed by atoms with van der Waals surface area (Å²) in [6.45, 7) is 0. The van der Waals surface area contributed by atoms with Gasteiger partial charge in [0.25, 0.3) is 0 Å². The zero-order chi connectivity index (χ0) is 13.9. The van der Waals surface area contributed by atoms with Gasteiger partial charge in [-0.1, -0.05) is 24.3 Å². The molecular weight excluding hydrogens is 284 g/mol. The highest BCUT2D eigenvalue weighted by Gasteiger charge is 2.06. The Morgan fingerprint density at radius 3 is 1.50 bits per heavy atom. The van der Waals surface area contributed by atoms with Crippen LogP contribution in [-0.4, -0.2) is 22.5 Å². The van der Waals surface area contributed by atoms with Crippen LogP contribution in [0.1, 0.15) is 11.4 Å². The average Bonchev–Trinajstić information content (AvgIpc) is 2.48. The first-order valence-corrected chi connectivity index (χ1v) is 9.27. The van der Waals surface area contributed by atoms with Gasteiger partial charge in [-0.15, -0.1) is 0 Å². The lowest BCUT2D eigenvalue weighted by Crippen LogP contribution is -1.93. The number of benzene rings is 1. The van der Waals surface area contributed by atoms with Gasteiger partial charge in [0.15, 0.2) is 0 Å². The zero-order valence-corrected chi connectivity index (χ0v) is 13.2. The lowest BCUT2D eigenvalue weighted by atomic mass is 10.1. The molecule has 0 saturated carbocycles. The lowest BCUT2D eigenvalue weighted by molar-refractivity contribution is 1.20. The smallest absolute Gasteiger partial charge is 0.0968 e. The molecule has 0 aliphatic carbocycles. The average molecular weight is 300 g/mol. The molecule has 0 bridgehead atoms. The van der Waals surface area contributed by atoms with E-state index in [-0.39, 0.29) is 0 Å². The molecule has 20 heavy (non-hydrogen) atoms. The van der Waals surface area contributed by atoms with Crippen molar-refractivity contribution in [3.63, 3.8) is 0 Å². The Labute approximate surface area is 127 Å². The maximum atomic E-state index is 4.80. The molecule has 0 atom stereocenters. The molecular formula is C16H16N2S2. The van der Waals surface area contributed by atoms with Crippen molar-refractivity contribution >= 4 is 45.3 Å². The molecule has 0 spiro atoms. The molecule has 0 unspecified atom stereocenters. The van der Waals surface area contributed by atoms with E-state index in [1.807, 2.05) is 0 Å². The van der Waals surface area contributed by atoms with Crippen molar-refractivity contribution in [2.75, 3.05) is 12.5 Å². The van der Waals surface area contributed by atoms with Crippen molar-refractivity contribution in [3.8, 4) is 0 Å². The van der Waals surface area contributed by atoms with Gasteiger partial charge < -0.3 is 0 Å². The van der Waals surface area contributed by atoms with Gasteiger partial charge in [0.1, 0.15) is 0 Å². The molecule has 0 amide bonds. The molecule has 0 fully saturated rings. The number of fused-ring (bicyclic) bond motifs is 3. The number of hydrogen-bond acceptors (Lipinski definition) is 4. The third-order valence-corrected chi connectivity index (χ3v) is 4.39. The van der Waals surface area contributed by atoms with Gasteiger partial charge in [0.2, 0.25) is 0 Å². The van der Waals surface area contributed by atoms with Crippen LogP contribution in [0.2, 0.25) is 0 Å². The Kier molecular flexibility index (Phi) is 4.13. The van der Waals surface area contributed by atoms with Crippen LogP contribution in [0.4, 0.5) is 0 Å². The summed E-state index contributed by atoms with van der Waals surface area (Å²) in [5, 5.41) is 2.33. The van der Waals surface area contributed by atoms with Crippen LogP contribution in [0.3, 0.4) is 0 Å². The maximum Gasteiger partial charge on any atom is 0.0968 e. The highest BCUT2D eigenvalue weighted by atomic mass is 32.2. The lowest BCUT2D eigenvalue weighted by Gasteiger charge is -2.06. The van der Waals surface area contributed by atoms with E-state index >= 15 is 0 Å². The number of hydrogen-bond donors (Lipinski definition) is 0. The third kappa shape index (κ3) is 2.63. The van der Waals surface area contributed by atoms with Crippen LogP contribution in [0, 0.1) is 0 Å². The van der Waals surface area contributed by atoms with Gasteiger partial charge in [-0.25, -0.2) is 9.97 Å². The molecule has 2 nitrogen and oxygen atoms in total. The van der Waals surface area contributed by atoms with Gasteiger partial charge in [0.05, 0.1) is 22.4 Å². The largest absolute Gasteiger partial charge is 0.250 e. The number of nitrogens with zero attached hydrogens (tertiary/aromatic N) is 2. The van der Waals surface area contributed by atoms with E-state index in [1.165, 1.54) is 0 Å². The fraction of sp³-hybridized carbons (Fsp3) is 0.250. The topological polar surface area (TPSA) is 25.8 Å². The summed E-state index contributed by atoms with van der Waals surface area (Å²) in [7, 11) is 0. The highest BCUT2D eigenvalue weighted by Crippen LogP contribution is 2.24. The molecule has 0 aliphatic rings. The summed E-state index contributed by atoms with van der Waals surface area (Å²) in [6, 6.07) is 12.8. The van der Waals surface area contributed by atoms with Crippen molar-refractivity contribution in [1.82, 2.24) is 9.97 Å². The number of thioether (sulfide) groups is 2. The Morgan fingerprint density at radius 2 is 1.10 bits per heavy atom. The number of pyridine rings is 2. The first-order chi connectivity index (χ1) is 9.81. The second kappa shape index (κ2) is 6.02. The molecule has 0 aliphatic heterocycles. The standard InChI is InChI=1S/C16H16N2S2/c1-19-9-13-7-5-11-3-4-12-6-8-14(10-20-2)18-16(12)15(11)17-13/h3-8H,9-10H2,1-2H3. The minimum atomic E-state index is 0.941. The molecule has 1 aromatic carbocycles. The van der Waals surface area contributed by atoms with Crippen molar-refractivity contribution in [2.45, 2.75) is 11.5 Å². The summed E-state index contributed by atoms with van der Waals surface area (Å²) in [6.07, 6.45) is 4.20. The molecule has 4 heteroatoms. The second-order valence-electron chi connectivity index (χ2n) is 4.68. The summed E-state index contributed by atoms with van der Waals surface area (Å²) in [5.41, 5.74) is 4.29.